The maximum absolute atomic E-state index is 11.5. The lowest BCUT2D eigenvalue weighted by Crippen LogP contribution is -2.11. The summed E-state index contributed by atoms with van der Waals surface area (Å²) in [6.45, 7) is 3.27. The van der Waals surface area contributed by atoms with E-state index in [1.807, 2.05) is 11.6 Å². The SMILES string of the molecule is CCCC(=O)CCc1c(Cl)cnn1CCOC. The zero-order valence-corrected chi connectivity index (χ0v) is 11.2. The number of carbonyl (C=O) groups is 1. The molecule has 96 valence electrons. The molecular formula is C12H19ClN2O2. The Labute approximate surface area is 107 Å². The first-order valence-electron chi connectivity index (χ1n) is 5.89. The van der Waals surface area contributed by atoms with Gasteiger partial charge in [-0.3, -0.25) is 9.48 Å². The van der Waals surface area contributed by atoms with Crippen LogP contribution < -0.4 is 0 Å². The molecule has 0 saturated heterocycles. The highest BCUT2D eigenvalue weighted by atomic mass is 35.5. The molecule has 0 atom stereocenters. The van der Waals surface area contributed by atoms with Crippen LogP contribution in [-0.4, -0.2) is 29.3 Å². The molecule has 1 aromatic heterocycles. The summed E-state index contributed by atoms with van der Waals surface area (Å²) in [5, 5.41) is 4.80. The van der Waals surface area contributed by atoms with Crippen molar-refractivity contribution in [2.45, 2.75) is 39.2 Å². The van der Waals surface area contributed by atoms with E-state index < -0.39 is 0 Å². The van der Waals surface area contributed by atoms with E-state index in [2.05, 4.69) is 5.10 Å². The van der Waals surface area contributed by atoms with Gasteiger partial charge in [-0.2, -0.15) is 5.10 Å². The molecule has 0 aliphatic rings. The van der Waals surface area contributed by atoms with Gasteiger partial charge in [0.05, 0.1) is 30.1 Å². The van der Waals surface area contributed by atoms with Gasteiger partial charge in [0.25, 0.3) is 0 Å². The third kappa shape index (κ3) is 4.48. The number of rotatable bonds is 8. The minimum atomic E-state index is 0.281. The summed E-state index contributed by atoms with van der Waals surface area (Å²) >= 11 is 6.05. The molecule has 1 heterocycles. The molecule has 4 nitrogen and oxygen atoms in total. The number of hydrogen-bond acceptors (Lipinski definition) is 3. The summed E-state index contributed by atoms with van der Waals surface area (Å²) in [5.41, 5.74) is 0.924. The summed E-state index contributed by atoms with van der Waals surface area (Å²) in [6.07, 6.45) is 4.35. The Balaban J connectivity index is 2.56. The van der Waals surface area contributed by atoms with Crippen LogP contribution in [0, 0.1) is 0 Å². The van der Waals surface area contributed by atoms with Crippen LogP contribution in [0.3, 0.4) is 0 Å². The third-order valence-corrected chi connectivity index (χ3v) is 2.89. The largest absolute Gasteiger partial charge is 0.383 e. The first-order valence-corrected chi connectivity index (χ1v) is 6.27. The van der Waals surface area contributed by atoms with Gasteiger partial charge in [0.15, 0.2) is 0 Å². The quantitative estimate of drug-likeness (QED) is 0.720. The Hall–Kier alpha value is -0.870. The molecule has 0 aromatic carbocycles. The number of Topliss-reactive ketones (excluding diaryl/α,β-unsaturated/α-hetero) is 1. The molecule has 0 aliphatic heterocycles. The molecule has 0 amide bonds. The lowest BCUT2D eigenvalue weighted by atomic mass is 10.1. The molecule has 0 saturated carbocycles. The summed E-state index contributed by atoms with van der Waals surface area (Å²) in [7, 11) is 1.65. The standard InChI is InChI=1S/C12H19ClN2O2/c1-3-4-10(16)5-6-12-11(13)9-14-15(12)7-8-17-2/h9H,3-8H2,1-2H3. The predicted molar refractivity (Wildman–Crippen MR) is 67.3 cm³/mol. The van der Waals surface area contributed by atoms with E-state index in [0.29, 0.717) is 37.4 Å². The molecule has 0 radical (unpaired) electrons. The third-order valence-electron chi connectivity index (χ3n) is 2.57. The monoisotopic (exact) mass is 258 g/mol. The van der Waals surface area contributed by atoms with Crippen LogP contribution >= 0.6 is 11.6 Å². The van der Waals surface area contributed by atoms with Crippen molar-refractivity contribution < 1.29 is 9.53 Å². The van der Waals surface area contributed by atoms with Crippen LogP contribution in [0.15, 0.2) is 6.20 Å². The van der Waals surface area contributed by atoms with E-state index in [9.17, 15) is 4.79 Å². The van der Waals surface area contributed by atoms with Gasteiger partial charge in [-0.1, -0.05) is 18.5 Å². The van der Waals surface area contributed by atoms with E-state index in [4.69, 9.17) is 16.3 Å². The number of ketones is 1. The molecular weight excluding hydrogens is 240 g/mol. The Morgan fingerprint density at radius 1 is 1.53 bits per heavy atom. The average molecular weight is 259 g/mol. The van der Waals surface area contributed by atoms with Crippen molar-refractivity contribution in [3.8, 4) is 0 Å². The van der Waals surface area contributed by atoms with E-state index in [1.54, 1.807) is 13.3 Å². The second-order valence-electron chi connectivity index (χ2n) is 3.94. The Bertz CT molecular complexity index is 363. The fourth-order valence-corrected chi connectivity index (χ4v) is 1.90. The minimum Gasteiger partial charge on any atom is -0.383 e. The van der Waals surface area contributed by atoms with Crippen LogP contribution in [0.4, 0.5) is 0 Å². The Morgan fingerprint density at radius 2 is 2.29 bits per heavy atom. The first kappa shape index (κ1) is 14.2. The summed E-state index contributed by atoms with van der Waals surface area (Å²) in [5.74, 6) is 0.281. The number of hydrogen-bond donors (Lipinski definition) is 0. The van der Waals surface area contributed by atoms with Gasteiger partial charge in [0.2, 0.25) is 0 Å². The maximum Gasteiger partial charge on any atom is 0.133 e. The number of aromatic nitrogens is 2. The number of halogens is 1. The molecule has 5 heteroatoms. The Morgan fingerprint density at radius 3 is 2.94 bits per heavy atom. The van der Waals surface area contributed by atoms with E-state index >= 15 is 0 Å². The fourth-order valence-electron chi connectivity index (χ4n) is 1.67. The molecule has 17 heavy (non-hydrogen) atoms. The minimum absolute atomic E-state index is 0.281. The zero-order chi connectivity index (χ0) is 12.7. The molecule has 1 rings (SSSR count). The summed E-state index contributed by atoms with van der Waals surface area (Å²) in [4.78, 5) is 11.5. The highest BCUT2D eigenvalue weighted by Gasteiger charge is 2.10. The molecule has 0 spiro atoms. The first-order chi connectivity index (χ1) is 8.19. The van der Waals surface area contributed by atoms with Gasteiger partial charge in [0, 0.05) is 20.0 Å². The molecule has 1 aromatic rings. The van der Waals surface area contributed by atoms with Gasteiger partial charge < -0.3 is 4.74 Å². The van der Waals surface area contributed by atoms with Crippen molar-refractivity contribution in [1.29, 1.82) is 0 Å². The molecule has 0 unspecified atom stereocenters. The van der Waals surface area contributed by atoms with Crippen LogP contribution in [0.1, 0.15) is 31.9 Å². The molecule has 0 aliphatic carbocycles. The van der Waals surface area contributed by atoms with Gasteiger partial charge in [-0.05, 0) is 12.8 Å². The second kappa shape index (κ2) is 7.45. The highest BCUT2D eigenvalue weighted by molar-refractivity contribution is 6.31. The lowest BCUT2D eigenvalue weighted by molar-refractivity contribution is -0.119. The van der Waals surface area contributed by atoms with Crippen LogP contribution in [-0.2, 0) is 22.5 Å². The Kier molecular flexibility index (Phi) is 6.22. The molecule has 0 N–H and O–H groups in total. The van der Waals surface area contributed by atoms with Crippen LogP contribution in [0.2, 0.25) is 5.02 Å². The smallest absolute Gasteiger partial charge is 0.133 e. The number of carbonyl (C=O) groups excluding carboxylic acids is 1. The second-order valence-corrected chi connectivity index (χ2v) is 4.35. The lowest BCUT2D eigenvalue weighted by Gasteiger charge is -2.07. The predicted octanol–water partition coefficient (Wildman–Crippen LogP) is 2.48. The van der Waals surface area contributed by atoms with Crippen LogP contribution in [0.5, 0.6) is 0 Å². The van der Waals surface area contributed by atoms with Crippen molar-refractivity contribution >= 4 is 17.4 Å². The van der Waals surface area contributed by atoms with Gasteiger partial charge in [-0.15, -0.1) is 0 Å². The highest BCUT2D eigenvalue weighted by Crippen LogP contribution is 2.17. The summed E-state index contributed by atoms with van der Waals surface area (Å²) < 4.78 is 6.81. The molecule has 0 bridgehead atoms. The van der Waals surface area contributed by atoms with Gasteiger partial charge in [0.1, 0.15) is 5.78 Å². The van der Waals surface area contributed by atoms with Gasteiger partial charge >= 0.3 is 0 Å². The van der Waals surface area contributed by atoms with E-state index in [1.165, 1.54) is 0 Å². The zero-order valence-electron chi connectivity index (χ0n) is 10.4. The fraction of sp³-hybridized carbons (Fsp3) is 0.667. The van der Waals surface area contributed by atoms with Crippen molar-refractivity contribution in [3.63, 3.8) is 0 Å². The van der Waals surface area contributed by atoms with Crippen LogP contribution in [0.25, 0.3) is 0 Å². The number of ether oxygens (including phenoxy) is 1. The maximum atomic E-state index is 11.5. The van der Waals surface area contributed by atoms with Crippen molar-refractivity contribution in [3.05, 3.63) is 16.9 Å². The van der Waals surface area contributed by atoms with Crippen molar-refractivity contribution in [2.24, 2.45) is 0 Å². The van der Waals surface area contributed by atoms with E-state index in [-0.39, 0.29) is 5.78 Å². The van der Waals surface area contributed by atoms with Crippen molar-refractivity contribution in [1.82, 2.24) is 9.78 Å². The van der Waals surface area contributed by atoms with Gasteiger partial charge in [-0.25, -0.2) is 0 Å². The van der Waals surface area contributed by atoms with Crippen molar-refractivity contribution in [2.75, 3.05) is 13.7 Å². The molecule has 0 fully saturated rings. The average Bonchev–Trinajstić information content (AvgIpc) is 2.65. The normalized spacial score (nSPS) is 10.8. The number of nitrogens with zero attached hydrogens (tertiary/aromatic N) is 2. The van der Waals surface area contributed by atoms with E-state index in [0.717, 1.165) is 12.1 Å². The topological polar surface area (TPSA) is 44.1 Å². The summed E-state index contributed by atoms with van der Waals surface area (Å²) in [6, 6.07) is 0. The number of methoxy groups -OCH3 is 1.